The standard InChI is InChI=1S/C18H23ClN3S.C7H8O3S/c1-4-21-15-10-9-14(19)13-16(15)22(5-2)17(21)7-6-8-18-20(3)11-12-23-18;1-6-2-4-7(5-3-6)11(8,9)10/h6-10,13H,4-5,11-12H2,1-3H3;2-5H,1H3,(H,8,9,10)/q+1;/p-1. The largest absolute Gasteiger partial charge is 0.744 e. The zero-order chi connectivity index (χ0) is 24.9. The van der Waals surface area contributed by atoms with Gasteiger partial charge in [0.1, 0.15) is 10.1 Å². The average molecular weight is 520 g/mol. The van der Waals surface area contributed by atoms with E-state index >= 15 is 0 Å². The lowest BCUT2D eigenvalue weighted by atomic mass is 10.2. The Morgan fingerprint density at radius 1 is 1.18 bits per heavy atom. The predicted molar refractivity (Wildman–Crippen MR) is 140 cm³/mol. The molecule has 0 saturated carbocycles. The van der Waals surface area contributed by atoms with Crippen LogP contribution in [0.3, 0.4) is 0 Å². The maximum Gasteiger partial charge on any atom is 0.282 e. The average Bonchev–Trinajstić information content (AvgIpc) is 3.33. The van der Waals surface area contributed by atoms with Gasteiger partial charge in [-0.05, 0) is 51.1 Å². The van der Waals surface area contributed by atoms with E-state index in [1.165, 1.54) is 39.8 Å². The highest BCUT2D eigenvalue weighted by Gasteiger charge is 2.21. The van der Waals surface area contributed by atoms with E-state index < -0.39 is 10.1 Å². The van der Waals surface area contributed by atoms with Gasteiger partial charge in [-0.2, -0.15) is 0 Å². The molecule has 0 aliphatic carbocycles. The van der Waals surface area contributed by atoms with Crippen molar-refractivity contribution in [3.63, 3.8) is 0 Å². The Morgan fingerprint density at radius 2 is 1.88 bits per heavy atom. The van der Waals surface area contributed by atoms with E-state index in [0.717, 1.165) is 30.2 Å². The first-order valence-corrected chi connectivity index (χ1v) is 13.9. The van der Waals surface area contributed by atoms with Gasteiger partial charge in [-0.25, -0.2) is 17.6 Å². The Labute approximate surface area is 211 Å². The van der Waals surface area contributed by atoms with Crippen molar-refractivity contribution >= 4 is 50.6 Å². The van der Waals surface area contributed by atoms with E-state index in [2.05, 4.69) is 65.3 Å². The maximum atomic E-state index is 10.4. The number of allylic oxidation sites excluding steroid dienone is 2. The quantitative estimate of drug-likeness (QED) is 0.348. The SMILES string of the molecule is CCn1c(/C=C/C=C2\SCCN2C)[n+](CC)c2ccc(Cl)cc21.Cc1ccc(S(=O)(=O)[O-])cc1. The van der Waals surface area contributed by atoms with Crippen LogP contribution in [-0.2, 0) is 23.2 Å². The number of benzene rings is 2. The van der Waals surface area contributed by atoms with E-state index in [-0.39, 0.29) is 4.90 Å². The van der Waals surface area contributed by atoms with Crippen LogP contribution in [0.2, 0.25) is 5.02 Å². The summed E-state index contributed by atoms with van der Waals surface area (Å²) in [6.07, 6.45) is 6.58. The molecule has 0 radical (unpaired) electrons. The highest BCUT2D eigenvalue weighted by Crippen LogP contribution is 2.26. The van der Waals surface area contributed by atoms with Gasteiger partial charge in [-0.3, -0.25) is 0 Å². The molecule has 182 valence electrons. The summed E-state index contributed by atoms with van der Waals surface area (Å²) in [5.74, 6) is 2.40. The monoisotopic (exact) mass is 519 g/mol. The molecule has 2 heterocycles. The van der Waals surface area contributed by atoms with Crippen LogP contribution in [0.4, 0.5) is 0 Å². The molecule has 6 nitrogen and oxygen atoms in total. The normalized spacial score (nSPS) is 15.4. The Balaban J connectivity index is 0.000000248. The zero-order valence-corrected chi connectivity index (χ0v) is 22.3. The third-order valence-corrected chi connectivity index (χ3v) is 7.77. The Hall–Kier alpha value is -2.26. The van der Waals surface area contributed by atoms with Crippen LogP contribution in [0.25, 0.3) is 17.1 Å². The zero-order valence-electron chi connectivity index (χ0n) is 19.9. The van der Waals surface area contributed by atoms with Crippen LogP contribution in [0.1, 0.15) is 25.2 Å². The van der Waals surface area contributed by atoms with Crippen molar-refractivity contribution in [2.45, 2.75) is 38.8 Å². The van der Waals surface area contributed by atoms with Gasteiger partial charge in [-0.1, -0.05) is 35.4 Å². The van der Waals surface area contributed by atoms with Gasteiger partial charge >= 0.3 is 0 Å². The molecule has 0 atom stereocenters. The van der Waals surface area contributed by atoms with E-state index in [1.807, 2.05) is 24.8 Å². The Morgan fingerprint density at radius 3 is 2.44 bits per heavy atom. The molecule has 1 aliphatic heterocycles. The highest BCUT2D eigenvalue weighted by atomic mass is 35.5. The van der Waals surface area contributed by atoms with Crippen molar-refractivity contribution in [2.75, 3.05) is 19.3 Å². The summed E-state index contributed by atoms with van der Waals surface area (Å²) in [5.41, 5.74) is 3.36. The molecule has 3 aromatic rings. The third-order valence-electron chi connectivity index (χ3n) is 5.55. The molecule has 0 spiro atoms. The topological polar surface area (TPSA) is 69.2 Å². The van der Waals surface area contributed by atoms with Crippen molar-refractivity contribution in [1.82, 2.24) is 9.47 Å². The lowest BCUT2D eigenvalue weighted by Gasteiger charge is -2.09. The highest BCUT2D eigenvalue weighted by molar-refractivity contribution is 8.03. The smallest absolute Gasteiger partial charge is 0.282 e. The first-order valence-electron chi connectivity index (χ1n) is 11.1. The minimum atomic E-state index is -4.27. The number of nitrogens with zero attached hydrogens (tertiary/aromatic N) is 3. The van der Waals surface area contributed by atoms with Gasteiger partial charge in [0.25, 0.3) is 5.82 Å². The minimum Gasteiger partial charge on any atom is -0.744 e. The van der Waals surface area contributed by atoms with Crippen molar-refractivity contribution in [3.8, 4) is 0 Å². The van der Waals surface area contributed by atoms with E-state index in [4.69, 9.17) is 11.6 Å². The summed E-state index contributed by atoms with van der Waals surface area (Å²) in [6.45, 7) is 9.18. The molecule has 0 bridgehead atoms. The number of imidazole rings is 1. The molecule has 4 rings (SSSR count). The maximum absolute atomic E-state index is 10.4. The van der Waals surface area contributed by atoms with Gasteiger partial charge in [0.05, 0.1) is 23.0 Å². The van der Waals surface area contributed by atoms with Crippen LogP contribution in [0.15, 0.2) is 64.5 Å². The summed E-state index contributed by atoms with van der Waals surface area (Å²) < 4.78 is 35.8. The first kappa shape index (κ1) is 26.3. The van der Waals surface area contributed by atoms with E-state index in [9.17, 15) is 13.0 Å². The van der Waals surface area contributed by atoms with E-state index in [1.54, 1.807) is 12.1 Å². The summed E-state index contributed by atoms with van der Waals surface area (Å²) in [5, 5.41) is 2.13. The van der Waals surface area contributed by atoms with Crippen LogP contribution in [0, 0.1) is 6.92 Å². The number of halogens is 1. The van der Waals surface area contributed by atoms with Crippen LogP contribution in [0.5, 0.6) is 0 Å². The van der Waals surface area contributed by atoms with Gasteiger partial charge in [-0.15, -0.1) is 11.8 Å². The van der Waals surface area contributed by atoms with Crippen LogP contribution >= 0.6 is 23.4 Å². The number of aromatic nitrogens is 2. The fourth-order valence-electron chi connectivity index (χ4n) is 3.78. The molecule has 9 heteroatoms. The number of fused-ring (bicyclic) bond motifs is 1. The molecule has 0 amide bonds. The van der Waals surface area contributed by atoms with Crippen LogP contribution in [-0.4, -0.2) is 41.8 Å². The van der Waals surface area contributed by atoms with Gasteiger partial charge in [0.15, 0.2) is 11.0 Å². The molecule has 1 aromatic heterocycles. The van der Waals surface area contributed by atoms with Crippen molar-refractivity contribution in [2.24, 2.45) is 0 Å². The fraction of sp³-hybridized carbons (Fsp3) is 0.320. The van der Waals surface area contributed by atoms with Crippen LogP contribution < -0.4 is 4.57 Å². The number of hydrogen-bond acceptors (Lipinski definition) is 5. The fourth-order valence-corrected chi connectivity index (χ4v) is 5.48. The molecule has 1 aliphatic rings. The summed E-state index contributed by atoms with van der Waals surface area (Å²) in [7, 11) is -2.12. The van der Waals surface area contributed by atoms with Crippen molar-refractivity contribution in [1.29, 1.82) is 0 Å². The molecule has 0 N–H and O–H groups in total. The summed E-state index contributed by atoms with van der Waals surface area (Å²) in [4.78, 5) is 2.13. The molecule has 34 heavy (non-hydrogen) atoms. The molecular formula is C25H30ClN3O3S2. The predicted octanol–water partition coefficient (Wildman–Crippen LogP) is 5.05. The second-order valence-corrected chi connectivity index (χ2v) is 10.8. The lowest BCUT2D eigenvalue weighted by Crippen LogP contribution is -2.35. The summed E-state index contributed by atoms with van der Waals surface area (Å²) >= 11 is 8.12. The number of rotatable bonds is 5. The number of thioether (sulfide) groups is 1. The second kappa shape index (κ2) is 11.4. The first-order chi connectivity index (χ1) is 16.2. The summed E-state index contributed by atoms with van der Waals surface area (Å²) in [6, 6.07) is 11.9. The molecule has 2 aromatic carbocycles. The number of hydrogen-bond donors (Lipinski definition) is 0. The third kappa shape index (κ3) is 6.24. The van der Waals surface area contributed by atoms with Gasteiger partial charge < -0.3 is 9.45 Å². The van der Waals surface area contributed by atoms with Gasteiger partial charge in [0, 0.05) is 36.5 Å². The Kier molecular flexibility index (Phi) is 8.87. The molecular weight excluding hydrogens is 490 g/mol. The lowest BCUT2D eigenvalue weighted by molar-refractivity contribution is -0.670. The minimum absolute atomic E-state index is 0.178. The molecule has 1 fully saturated rings. The van der Waals surface area contributed by atoms with Crippen molar-refractivity contribution in [3.05, 3.63) is 76.1 Å². The molecule has 0 unspecified atom stereocenters. The van der Waals surface area contributed by atoms with E-state index in [0.29, 0.717) is 0 Å². The van der Waals surface area contributed by atoms with Crippen molar-refractivity contribution < 1.29 is 17.5 Å². The Bertz CT molecular complexity index is 1310. The molecule has 1 saturated heterocycles. The number of aryl methyl sites for hydroxylation is 3. The second-order valence-electron chi connectivity index (χ2n) is 7.88. The van der Waals surface area contributed by atoms with Gasteiger partial charge in [0.2, 0.25) is 0 Å².